The highest BCUT2D eigenvalue weighted by Crippen LogP contribution is 2.28. The van der Waals surface area contributed by atoms with Crippen LogP contribution >= 0.6 is 11.6 Å². The lowest BCUT2D eigenvalue weighted by atomic mass is 10.1. The third-order valence-corrected chi connectivity index (χ3v) is 6.92. The summed E-state index contributed by atoms with van der Waals surface area (Å²) in [5, 5.41) is 8.54. The van der Waals surface area contributed by atoms with E-state index in [0.29, 0.717) is 5.02 Å². The number of piperazine rings is 1. The lowest BCUT2D eigenvalue weighted by Gasteiger charge is -2.36. The first kappa shape index (κ1) is 23.3. The van der Waals surface area contributed by atoms with Gasteiger partial charge < -0.3 is 15.1 Å². The summed E-state index contributed by atoms with van der Waals surface area (Å²) >= 11 is 6.32. The van der Waals surface area contributed by atoms with Gasteiger partial charge in [-0.2, -0.15) is 5.10 Å². The highest BCUT2D eigenvalue weighted by atomic mass is 35.5. The number of benzene rings is 2. The fourth-order valence-electron chi connectivity index (χ4n) is 4.41. The molecule has 1 aliphatic heterocycles. The molecule has 0 bridgehead atoms. The number of hydrogen-bond donors (Lipinski definition) is 1. The van der Waals surface area contributed by atoms with Gasteiger partial charge in [-0.3, -0.25) is 4.79 Å². The van der Waals surface area contributed by atoms with E-state index in [9.17, 15) is 4.79 Å². The van der Waals surface area contributed by atoms with Crippen LogP contribution in [0.25, 0.3) is 5.69 Å². The van der Waals surface area contributed by atoms with E-state index >= 15 is 0 Å². The number of halogens is 1. The van der Waals surface area contributed by atoms with Crippen LogP contribution in [0.5, 0.6) is 0 Å². The lowest BCUT2D eigenvalue weighted by Crippen LogP contribution is -2.46. The van der Waals surface area contributed by atoms with Crippen LogP contribution in [0.4, 0.5) is 11.4 Å². The van der Waals surface area contributed by atoms with Gasteiger partial charge in [0.1, 0.15) is 0 Å². The molecule has 174 valence electrons. The fraction of sp³-hybridized carbons (Fsp3) is 0.385. The van der Waals surface area contributed by atoms with Crippen molar-refractivity contribution in [3.8, 4) is 5.69 Å². The van der Waals surface area contributed by atoms with E-state index in [1.165, 1.54) is 0 Å². The van der Waals surface area contributed by atoms with Crippen molar-refractivity contribution in [3.63, 3.8) is 0 Å². The van der Waals surface area contributed by atoms with Gasteiger partial charge in [0, 0.05) is 42.5 Å². The molecule has 1 amide bonds. The van der Waals surface area contributed by atoms with E-state index in [1.54, 1.807) is 0 Å². The quantitative estimate of drug-likeness (QED) is 0.569. The molecule has 2 aromatic carbocycles. The van der Waals surface area contributed by atoms with Crippen molar-refractivity contribution in [1.29, 1.82) is 0 Å². The van der Waals surface area contributed by atoms with Gasteiger partial charge in [-0.25, -0.2) is 4.68 Å². The van der Waals surface area contributed by atoms with Crippen LogP contribution in [-0.4, -0.2) is 53.3 Å². The normalized spacial score (nSPS) is 14.5. The van der Waals surface area contributed by atoms with Crippen LogP contribution in [0.3, 0.4) is 0 Å². The number of carbonyl (C=O) groups excluding carboxylic acids is 1. The Hall–Kier alpha value is -2.83. The Morgan fingerprint density at radius 1 is 1.06 bits per heavy atom. The summed E-state index contributed by atoms with van der Waals surface area (Å²) in [6, 6.07) is 14.0. The van der Waals surface area contributed by atoms with E-state index in [-0.39, 0.29) is 12.3 Å². The third-order valence-electron chi connectivity index (χ3n) is 6.52. The number of nitrogens with one attached hydrogen (secondary N) is 1. The van der Waals surface area contributed by atoms with Crippen molar-refractivity contribution in [2.75, 3.05) is 42.9 Å². The minimum absolute atomic E-state index is 0.0395. The van der Waals surface area contributed by atoms with Crippen LogP contribution in [0.15, 0.2) is 42.5 Å². The van der Waals surface area contributed by atoms with E-state index in [4.69, 9.17) is 11.6 Å². The van der Waals surface area contributed by atoms with Gasteiger partial charge in [0.25, 0.3) is 0 Å². The van der Waals surface area contributed by atoms with Gasteiger partial charge >= 0.3 is 0 Å². The van der Waals surface area contributed by atoms with E-state index in [0.717, 1.165) is 72.3 Å². The van der Waals surface area contributed by atoms with Crippen molar-refractivity contribution < 1.29 is 4.79 Å². The van der Waals surface area contributed by atoms with Gasteiger partial charge in [-0.15, -0.1) is 0 Å². The third kappa shape index (κ3) is 5.07. The average molecular weight is 466 g/mol. The van der Waals surface area contributed by atoms with Gasteiger partial charge in [0.2, 0.25) is 5.91 Å². The molecule has 1 saturated heterocycles. The summed E-state index contributed by atoms with van der Waals surface area (Å²) in [5.41, 5.74) is 6.61. The van der Waals surface area contributed by atoms with Gasteiger partial charge in [0.15, 0.2) is 0 Å². The molecule has 2 heterocycles. The van der Waals surface area contributed by atoms with Crippen LogP contribution in [0.2, 0.25) is 5.02 Å². The number of aryl methyl sites for hydroxylation is 2. The summed E-state index contributed by atoms with van der Waals surface area (Å²) in [6.07, 6.45) is 0.273. The second-order valence-electron chi connectivity index (χ2n) is 8.66. The smallest absolute Gasteiger partial charge is 0.228 e. The molecule has 6 nitrogen and oxygen atoms in total. The Morgan fingerprint density at radius 3 is 2.48 bits per heavy atom. The maximum atomic E-state index is 13.1. The number of carbonyl (C=O) groups is 1. The van der Waals surface area contributed by atoms with Crippen molar-refractivity contribution in [1.82, 2.24) is 14.7 Å². The zero-order valence-electron chi connectivity index (χ0n) is 19.9. The van der Waals surface area contributed by atoms with Crippen molar-refractivity contribution in [3.05, 3.63) is 70.0 Å². The molecule has 1 aliphatic rings. The zero-order valence-corrected chi connectivity index (χ0v) is 20.6. The monoisotopic (exact) mass is 465 g/mol. The predicted octanol–water partition coefficient (Wildman–Crippen LogP) is 4.77. The SMILES string of the molecule is CCN1CCN(c2ccccc2NC(=O)Cc2c(C)nn(-c3ccc(C)c(Cl)c3)c2C)CC1. The Balaban J connectivity index is 1.50. The number of likely N-dealkylation sites (N-methyl/N-ethyl adjacent to an activating group) is 1. The summed E-state index contributed by atoms with van der Waals surface area (Å²) in [6.45, 7) is 13.2. The number of anilines is 2. The number of para-hydroxylation sites is 2. The molecule has 0 atom stereocenters. The van der Waals surface area contributed by atoms with Crippen molar-refractivity contribution >= 4 is 28.9 Å². The Bertz CT molecular complexity index is 1150. The van der Waals surface area contributed by atoms with E-state index < -0.39 is 0 Å². The standard InChI is InChI=1S/C26H32ClN5O/c1-5-30-12-14-31(15-13-30)25-9-7-6-8-24(25)28-26(33)17-22-19(3)29-32(20(22)4)21-11-10-18(2)23(27)16-21/h6-11,16H,5,12-15,17H2,1-4H3,(H,28,33). The second-order valence-corrected chi connectivity index (χ2v) is 9.07. The topological polar surface area (TPSA) is 53.4 Å². The maximum absolute atomic E-state index is 13.1. The molecule has 1 aromatic heterocycles. The number of amides is 1. The lowest BCUT2D eigenvalue weighted by molar-refractivity contribution is -0.115. The Kier molecular flexibility index (Phi) is 7.05. The summed E-state index contributed by atoms with van der Waals surface area (Å²) in [5.74, 6) is -0.0395. The minimum atomic E-state index is -0.0395. The molecule has 1 fully saturated rings. The zero-order chi connectivity index (χ0) is 23.5. The van der Waals surface area contributed by atoms with Gasteiger partial charge in [-0.05, 0) is 57.1 Å². The number of rotatable bonds is 6. The molecule has 0 unspecified atom stereocenters. The van der Waals surface area contributed by atoms with Crippen molar-refractivity contribution in [2.24, 2.45) is 0 Å². The van der Waals surface area contributed by atoms with E-state index in [1.807, 2.05) is 61.9 Å². The van der Waals surface area contributed by atoms with Crippen LogP contribution in [-0.2, 0) is 11.2 Å². The molecule has 0 spiro atoms. The van der Waals surface area contributed by atoms with Crippen LogP contribution < -0.4 is 10.2 Å². The minimum Gasteiger partial charge on any atom is -0.367 e. The summed E-state index contributed by atoms with van der Waals surface area (Å²) in [7, 11) is 0. The fourth-order valence-corrected chi connectivity index (χ4v) is 4.59. The van der Waals surface area contributed by atoms with Gasteiger partial charge in [-0.1, -0.05) is 36.7 Å². The van der Waals surface area contributed by atoms with Crippen LogP contribution in [0, 0.1) is 20.8 Å². The highest BCUT2D eigenvalue weighted by molar-refractivity contribution is 6.31. The summed E-state index contributed by atoms with van der Waals surface area (Å²) in [4.78, 5) is 17.9. The second kappa shape index (κ2) is 9.98. The first-order chi connectivity index (χ1) is 15.9. The molecular weight excluding hydrogens is 434 g/mol. The maximum Gasteiger partial charge on any atom is 0.228 e. The van der Waals surface area contributed by atoms with E-state index in [2.05, 4.69) is 33.2 Å². The van der Waals surface area contributed by atoms with Crippen LogP contribution in [0.1, 0.15) is 29.4 Å². The number of aromatic nitrogens is 2. The molecule has 0 saturated carbocycles. The molecule has 33 heavy (non-hydrogen) atoms. The molecule has 3 aromatic rings. The summed E-state index contributed by atoms with van der Waals surface area (Å²) < 4.78 is 1.87. The number of nitrogens with zero attached hydrogens (tertiary/aromatic N) is 4. The number of hydrogen-bond acceptors (Lipinski definition) is 4. The molecule has 7 heteroatoms. The van der Waals surface area contributed by atoms with Gasteiger partial charge in [0.05, 0.1) is 29.2 Å². The van der Waals surface area contributed by atoms with Crippen molar-refractivity contribution in [2.45, 2.75) is 34.1 Å². The average Bonchev–Trinajstić information content (AvgIpc) is 3.09. The predicted molar refractivity (Wildman–Crippen MR) is 136 cm³/mol. The molecule has 1 N–H and O–H groups in total. The first-order valence-corrected chi connectivity index (χ1v) is 11.9. The largest absolute Gasteiger partial charge is 0.367 e. The Labute approximate surface area is 201 Å². The molecular formula is C26H32ClN5O. The molecule has 0 aliphatic carbocycles. The first-order valence-electron chi connectivity index (χ1n) is 11.5. The highest BCUT2D eigenvalue weighted by Gasteiger charge is 2.20. The molecule has 0 radical (unpaired) electrons. The molecule has 4 rings (SSSR count). The Morgan fingerprint density at radius 2 is 1.79 bits per heavy atom.